The summed E-state index contributed by atoms with van der Waals surface area (Å²) in [5.74, 6) is -0.289. The quantitative estimate of drug-likeness (QED) is 0.243. The number of benzene rings is 2. The zero-order valence-electron chi connectivity index (χ0n) is 21.9. The van der Waals surface area contributed by atoms with Crippen molar-refractivity contribution in [2.45, 2.75) is 72.0 Å². The number of ether oxygens (including phenoxy) is 1. The molecule has 1 atom stereocenters. The average Bonchev–Trinajstić information content (AvgIpc) is 2.80. The van der Waals surface area contributed by atoms with Gasteiger partial charge in [0.1, 0.15) is 33.8 Å². The fraction of sp³-hybridized carbons (Fsp3) is 0.367. The standard InChI is InChI=1S/C30H34O7/c1-16(2)7-6-8-17(3)9-10-19-18(11-12-21(31)28(19)34)23-14-22(32)27-25(36-23)15-24-20(29(27)35)13-26(33)30(4,5)37-24/h7,9,11-12,14-15,26,31,33-35H,6,8,10,13H2,1-5H3. The zero-order chi connectivity index (χ0) is 27.1. The first-order valence-electron chi connectivity index (χ1n) is 12.4. The number of fused-ring (bicyclic) bond motifs is 2. The maximum atomic E-state index is 13.1. The lowest BCUT2D eigenvalue weighted by Gasteiger charge is -2.37. The van der Waals surface area contributed by atoms with Gasteiger partial charge in [0.25, 0.3) is 0 Å². The molecule has 4 rings (SSSR count). The summed E-state index contributed by atoms with van der Waals surface area (Å²) in [5, 5.41) is 42.1. The minimum absolute atomic E-state index is 0.00225. The smallest absolute Gasteiger partial charge is 0.197 e. The van der Waals surface area contributed by atoms with E-state index in [1.165, 1.54) is 17.7 Å². The van der Waals surface area contributed by atoms with E-state index in [9.17, 15) is 25.2 Å². The third kappa shape index (κ3) is 5.23. The Bertz CT molecular complexity index is 1470. The van der Waals surface area contributed by atoms with Crippen LogP contribution in [0.15, 0.2) is 56.8 Å². The molecule has 0 fully saturated rings. The summed E-state index contributed by atoms with van der Waals surface area (Å²) >= 11 is 0. The summed E-state index contributed by atoms with van der Waals surface area (Å²) in [6.45, 7) is 9.61. The largest absolute Gasteiger partial charge is 0.507 e. The lowest BCUT2D eigenvalue weighted by Crippen LogP contribution is -2.46. The third-order valence-electron chi connectivity index (χ3n) is 6.90. The van der Waals surface area contributed by atoms with E-state index in [-0.39, 0.29) is 40.4 Å². The number of aliphatic hydroxyl groups excluding tert-OH is 1. The highest BCUT2D eigenvalue weighted by atomic mass is 16.5. The van der Waals surface area contributed by atoms with Crippen molar-refractivity contribution in [2.24, 2.45) is 0 Å². The van der Waals surface area contributed by atoms with E-state index in [4.69, 9.17) is 9.15 Å². The Kier molecular flexibility index (Phi) is 7.11. The van der Waals surface area contributed by atoms with Crippen LogP contribution in [-0.4, -0.2) is 32.1 Å². The van der Waals surface area contributed by atoms with Crippen molar-refractivity contribution in [3.63, 3.8) is 0 Å². The number of rotatable bonds is 6. The lowest BCUT2D eigenvalue weighted by molar-refractivity contribution is -0.0415. The molecule has 2 aromatic carbocycles. The summed E-state index contributed by atoms with van der Waals surface area (Å²) in [6.07, 6.45) is 5.53. The molecule has 0 saturated carbocycles. The topological polar surface area (TPSA) is 120 Å². The molecule has 0 bridgehead atoms. The predicted octanol–water partition coefficient (Wildman–Crippen LogP) is 5.89. The Hall–Kier alpha value is -3.71. The van der Waals surface area contributed by atoms with Crippen LogP contribution in [0.2, 0.25) is 0 Å². The summed E-state index contributed by atoms with van der Waals surface area (Å²) in [7, 11) is 0. The molecule has 37 heavy (non-hydrogen) atoms. The maximum absolute atomic E-state index is 13.1. The fourth-order valence-electron chi connectivity index (χ4n) is 4.56. The van der Waals surface area contributed by atoms with Crippen LogP contribution in [0.3, 0.4) is 0 Å². The minimum Gasteiger partial charge on any atom is -0.507 e. The van der Waals surface area contributed by atoms with Crippen molar-refractivity contribution in [2.75, 3.05) is 0 Å². The molecule has 3 aromatic rings. The van der Waals surface area contributed by atoms with Crippen molar-refractivity contribution in [1.82, 2.24) is 0 Å². The van der Waals surface area contributed by atoms with Crippen LogP contribution < -0.4 is 10.2 Å². The predicted molar refractivity (Wildman–Crippen MR) is 143 cm³/mol. The Balaban J connectivity index is 1.79. The highest BCUT2D eigenvalue weighted by Crippen LogP contribution is 2.43. The van der Waals surface area contributed by atoms with Crippen molar-refractivity contribution < 1.29 is 29.6 Å². The number of aliphatic hydroxyl groups is 1. The molecule has 0 spiro atoms. The molecular weight excluding hydrogens is 472 g/mol. The van der Waals surface area contributed by atoms with Gasteiger partial charge in [0.2, 0.25) is 0 Å². The monoisotopic (exact) mass is 506 g/mol. The van der Waals surface area contributed by atoms with Gasteiger partial charge >= 0.3 is 0 Å². The van der Waals surface area contributed by atoms with Crippen LogP contribution in [-0.2, 0) is 12.8 Å². The second-order valence-electron chi connectivity index (χ2n) is 10.5. The van der Waals surface area contributed by atoms with E-state index >= 15 is 0 Å². The number of hydrogen-bond acceptors (Lipinski definition) is 7. The Labute approximate surface area is 216 Å². The number of allylic oxidation sites excluding steroid dienone is 4. The van der Waals surface area contributed by atoms with Gasteiger partial charge in [0, 0.05) is 35.2 Å². The summed E-state index contributed by atoms with van der Waals surface area (Å²) < 4.78 is 12.0. The number of phenolic OH excluding ortho intramolecular Hbond substituents is 3. The third-order valence-corrected chi connectivity index (χ3v) is 6.90. The molecule has 1 aliphatic heterocycles. The second-order valence-corrected chi connectivity index (χ2v) is 10.5. The summed E-state index contributed by atoms with van der Waals surface area (Å²) in [4.78, 5) is 13.1. The van der Waals surface area contributed by atoms with Gasteiger partial charge in [-0.15, -0.1) is 0 Å². The van der Waals surface area contributed by atoms with Crippen LogP contribution in [0.25, 0.3) is 22.3 Å². The highest BCUT2D eigenvalue weighted by molar-refractivity contribution is 5.88. The molecule has 1 aromatic heterocycles. The van der Waals surface area contributed by atoms with Crippen LogP contribution in [0.4, 0.5) is 0 Å². The van der Waals surface area contributed by atoms with Gasteiger partial charge in [-0.3, -0.25) is 4.79 Å². The Morgan fingerprint density at radius 1 is 1.08 bits per heavy atom. The van der Waals surface area contributed by atoms with Gasteiger partial charge < -0.3 is 29.6 Å². The number of hydrogen-bond donors (Lipinski definition) is 4. The van der Waals surface area contributed by atoms with Crippen LogP contribution in [0.5, 0.6) is 23.0 Å². The molecule has 2 heterocycles. The summed E-state index contributed by atoms with van der Waals surface area (Å²) in [6, 6.07) is 5.76. The van der Waals surface area contributed by atoms with E-state index in [0.29, 0.717) is 28.9 Å². The van der Waals surface area contributed by atoms with E-state index in [0.717, 1.165) is 18.4 Å². The molecule has 1 unspecified atom stereocenters. The minimum atomic E-state index is -0.878. The van der Waals surface area contributed by atoms with Crippen molar-refractivity contribution >= 4 is 11.0 Å². The Morgan fingerprint density at radius 3 is 2.51 bits per heavy atom. The first kappa shape index (κ1) is 26.4. The van der Waals surface area contributed by atoms with E-state index < -0.39 is 17.1 Å². The Morgan fingerprint density at radius 2 is 1.81 bits per heavy atom. The van der Waals surface area contributed by atoms with E-state index in [1.54, 1.807) is 26.0 Å². The fourth-order valence-corrected chi connectivity index (χ4v) is 4.56. The van der Waals surface area contributed by atoms with Gasteiger partial charge in [0.05, 0.1) is 6.10 Å². The average molecular weight is 507 g/mol. The van der Waals surface area contributed by atoms with Crippen molar-refractivity contribution in [3.8, 4) is 34.3 Å². The van der Waals surface area contributed by atoms with Gasteiger partial charge in [-0.2, -0.15) is 0 Å². The molecular formula is C30H34O7. The number of phenols is 3. The molecule has 0 saturated heterocycles. The van der Waals surface area contributed by atoms with Crippen molar-refractivity contribution in [1.29, 1.82) is 0 Å². The normalized spacial score (nSPS) is 16.8. The van der Waals surface area contributed by atoms with Gasteiger partial charge in [-0.25, -0.2) is 0 Å². The summed E-state index contributed by atoms with van der Waals surface area (Å²) in [5.41, 5.74) is 2.39. The number of aromatic hydroxyl groups is 3. The molecule has 0 radical (unpaired) electrons. The molecule has 0 aliphatic carbocycles. The van der Waals surface area contributed by atoms with Gasteiger partial charge in [-0.1, -0.05) is 23.3 Å². The molecule has 196 valence electrons. The molecule has 4 N–H and O–H groups in total. The molecule has 0 amide bonds. The zero-order valence-corrected chi connectivity index (χ0v) is 21.9. The second kappa shape index (κ2) is 9.98. The van der Waals surface area contributed by atoms with Crippen molar-refractivity contribution in [3.05, 3.63) is 68.9 Å². The van der Waals surface area contributed by atoms with E-state index in [1.807, 2.05) is 13.0 Å². The van der Waals surface area contributed by atoms with Crippen LogP contribution >= 0.6 is 0 Å². The van der Waals surface area contributed by atoms with Gasteiger partial charge in [-0.05, 0) is 66.0 Å². The highest BCUT2D eigenvalue weighted by Gasteiger charge is 2.38. The van der Waals surface area contributed by atoms with Crippen LogP contribution in [0.1, 0.15) is 58.6 Å². The first-order chi connectivity index (χ1) is 17.4. The molecule has 1 aliphatic rings. The van der Waals surface area contributed by atoms with E-state index in [2.05, 4.69) is 19.9 Å². The SMILES string of the molecule is CC(C)=CCCC(C)=CCc1c(-c2cc(=O)c3c(O)c4c(cc3o2)OC(C)(C)C(O)C4)ccc(O)c1O. The van der Waals surface area contributed by atoms with Gasteiger partial charge in [0.15, 0.2) is 16.9 Å². The maximum Gasteiger partial charge on any atom is 0.197 e. The first-order valence-corrected chi connectivity index (χ1v) is 12.4. The molecule has 7 heteroatoms. The lowest BCUT2D eigenvalue weighted by atomic mass is 9.90. The molecule has 7 nitrogen and oxygen atoms in total. The van der Waals surface area contributed by atoms with Crippen LogP contribution in [0, 0.1) is 0 Å².